The molecular formula is C6H18N2O2. The van der Waals surface area contributed by atoms with E-state index >= 15 is 0 Å². The summed E-state index contributed by atoms with van der Waals surface area (Å²) < 4.78 is 0. The van der Waals surface area contributed by atoms with Gasteiger partial charge in [0.1, 0.15) is 0 Å². The van der Waals surface area contributed by atoms with Gasteiger partial charge < -0.3 is 21.3 Å². The fourth-order valence-electron chi connectivity index (χ4n) is 0.283. The summed E-state index contributed by atoms with van der Waals surface area (Å²) in [5.41, 5.74) is 4.85. The van der Waals surface area contributed by atoms with Gasteiger partial charge in [0.05, 0.1) is 13.2 Å². The first-order valence-corrected chi connectivity index (χ1v) is 3.45. The maximum atomic E-state index is 8.15. The monoisotopic (exact) mass is 150 g/mol. The smallest absolute Gasteiger partial charge is 0.0555 e. The van der Waals surface area contributed by atoms with Crippen LogP contribution in [0.3, 0.4) is 0 Å². The van der Waals surface area contributed by atoms with E-state index in [9.17, 15) is 0 Å². The van der Waals surface area contributed by atoms with E-state index in [-0.39, 0.29) is 13.2 Å². The average molecular weight is 150 g/mol. The minimum Gasteiger partial charge on any atom is -0.395 e. The van der Waals surface area contributed by atoms with Crippen LogP contribution in [0.15, 0.2) is 0 Å². The lowest BCUT2D eigenvalue weighted by Crippen LogP contribution is -2.21. The molecule has 64 valence electrons. The van der Waals surface area contributed by atoms with Gasteiger partial charge in [-0.05, 0) is 6.54 Å². The molecule has 4 heteroatoms. The van der Waals surface area contributed by atoms with Crippen molar-refractivity contribution in [2.45, 2.75) is 6.92 Å². The van der Waals surface area contributed by atoms with Crippen molar-refractivity contribution in [2.24, 2.45) is 5.73 Å². The van der Waals surface area contributed by atoms with Crippen LogP contribution in [-0.4, -0.2) is 43.1 Å². The Kier molecular flexibility index (Phi) is 19.9. The molecule has 4 nitrogen and oxygen atoms in total. The quantitative estimate of drug-likeness (QED) is 0.369. The van der Waals surface area contributed by atoms with Crippen LogP contribution < -0.4 is 11.1 Å². The van der Waals surface area contributed by atoms with Crippen LogP contribution in [0.5, 0.6) is 0 Å². The summed E-state index contributed by atoms with van der Waals surface area (Å²) in [5, 5.41) is 19.1. The van der Waals surface area contributed by atoms with Crippen LogP contribution >= 0.6 is 0 Å². The lowest BCUT2D eigenvalue weighted by molar-refractivity contribution is 0.267. The fourth-order valence-corrected chi connectivity index (χ4v) is 0.283. The predicted molar refractivity (Wildman–Crippen MR) is 41.8 cm³/mol. The van der Waals surface area contributed by atoms with Gasteiger partial charge in [-0.15, -0.1) is 0 Å². The highest BCUT2D eigenvalue weighted by atomic mass is 16.3. The number of aliphatic hydroxyl groups is 2. The maximum Gasteiger partial charge on any atom is 0.0555 e. The highest BCUT2D eigenvalue weighted by Gasteiger charge is 1.78. The zero-order valence-electron chi connectivity index (χ0n) is 6.51. The van der Waals surface area contributed by atoms with E-state index < -0.39 is 0 Å². The van der Waals surface area contributed by atoms with E-state index in [1.54, 1.807) is 0 Å². The van der Waals surface area contributed by atoms with Gasteiger partial charge >= 0.3 is 0 Å². The summed E-state index contributed by atoms with van der Waals surface area (Å²) in [7, 11) is 0. The van der Waals surface area contributed by atoms with Crippen LogP contribution in [0.25, 0.3) is 0 Å². The molecule has 10 heavy (non-hydrogen) atoms. The highest BCUT2D eigenvalue weighted by molar-refractivity contribution is 4.39. The lowest BCUT2D eigenvalue weighted by Gasteiger charge is -1.94. The second-order valence-corrected chi connectivity index (χ2v) is 1.61. The van der Waals surface area contributed by atoms with Gasteiger partial charge in [-0.3, -0.25) is 0 Å². The standard InChI is InChI=1S/C4H11NO2.C2H7N/c6-3-1-5-2-4-7;1-2-3/h5-7H,1-4H2;2-3H2,1H3. The molecular weight excluding hydrogens is 132 g/mol. The Morgan fingerprint density at radius 3 is 1.70 bits per heavy atom. The Morgan fingerprint density at radius 2 is 1.50 bits per heavy atom. The van der Waals surface area contributed by atoms with Crippen LogP contribution in [0.2, 0.25) is 0 Å². The SMILES string of the molecule is CCN.OCCNCCO. The first-order valence-electron chi connectivity index (χ1n) is 3.45. The minimum atomic E-state index is 0.139. The van der Waals surface area contributed by atoms with E-state index in [2.05, 4.69) is 5.32 Å². The molecule has 0 bridgehead atoms. The summed E-state index contributed by atoms with van der Waals surface area (Å²) >= 11 is 0. The van der Waals surface area contributed by atoms with Gasteiger partial charge in [0, 0.05) is 13.1 Å². The molecule has 0 saturated heterocycles. The number of nitrogens with two attached hydrogens (primary N) is 1. The molecule has 0 aromatic heterocycles. The molecule has 0 unspecified atom stereocenters. The third-order valence-electron chi connectivity index (χ3n) is 0.577. The molecule has 0 aliphatic carbocycles. The zero-order chi connectivity index (χ0) is 8.24. The maximum absolute atomic E-state index is 8.15. The molecule has 0 rings (SSSR count). The van der Waals surface area contributed by atoms with Crippen molar-refractivity contribution in [3.8, 4) is 0 Å². The van der Waals surface area contributed by atoms with Crippen LogP contribution in [-0.2, 0) is 0 Å². The number of hydrogen-bond acceptors (Lipinski definition) is 4. The number of hydrogen-bond donors (Lipinski definition) is 4. The Hall–Kier alpha value is -0.160. The normalized spacial score (nSPS) is 8.40. The topological polar surface area (TPSA) is 78.5 Å². The number of nitrogens with one attached hydrogen (secondary N) is 1. The molecule has 0 fully saturated rings. The molecule has 0 saturated carbocycles. The van der Waals surface area contributed by atoms with Crippen molar-refractivity contribution in [1.82, 2.24) is 5.32 Å². The van der Waals surface area contributed by atoms with Crippen molar-refractivity contribution in [2.75, 3.05) is 32.8 Å². The van der Waals surface area contributed by atoms with E-state index in [4.69, 9.17) is 15.9 Å². The number of rotatable bonds is 4. The van der Waals surface area contributed by atoms with Gasteiger partial charge in [0.15, 0.2) is 0 Å². The summed E-state index contributed by atoms with van der Waals surface area (Å²) in [6.07, 6.45) is 0. The van der Waals surface area contributed by atoms with Crippen LogP contribution in [0.4, 0.5) is 0 Å². The Morgan fingerprint density at radius 1 is 1.20 bits per heavy atom. The molecule has 0 amide bonds. The van der Waals surface area contributed by atoms with E-state index in [0.29, 0.717) is 13.1 Å². The van der Waals surface area contributed by atoms with E-state index in [1.807, 2.05) is 6.92 Å². The zero-order valence-corrected chi connectivity index (χ0v) is 6.51. The van der Waals surface area contributed by atoms with Gasteiger partial charge in [0.25, 0.3) is 0 Å². The summed E-state index contributed by atoms with van der Waals surface area (Å²) in [5.74, 6) is 0. The number of aliphatic hydroxyl groups excluding tert-OH is 2. The van der Waals surface area contributed by atoms with Gasteiger partial charge in [0.2, 0.25) is 0 Å². The van der Waals surface area contributed by atoms with Crippen molar-refractivity contribution < 1.29 is 10.2 Å². The largest absolute Gasteiger partial charge is 0.395 e. The fraction of sp³-hybridized carbons (Fsp3) is 1.00. The van der Waals surface area contributed by atoms with Crippen molar-refractivity contribution in [1.29, 1.82) is 0 Å². The van der Waals surface area contributed by atoms with E-state index in [0.717, 1.165) is 6.54 Å². The summed E-state index contributed by atoms with van der Waals surface area (Å²) in [4.78, 5) is 0. The second-order valence-electron chi connectivity index (χ2n) is 1.61. The summed E-state index contributed by atoms with van der Waals surface area (Å²) in [6.45, 7) is 4.07. The molecule has 0 aromatic rings. The third kappa shape index (κ3) is 24.9. The Balaban J connectivity index is 0. The molecule has 0 heterocycles. The molecule has 0 spiro atoms. The Labute approximate surface area is 62.0 Å². The second kappa shape index (κ2) is 15.9. The predicted octanol–water partition coefficient (Wildman–Crippen LogP) is -1.47. The highest BCUT2D eigenvalue weighted by Crippen LogP contribution is 1.54. The molecule has 5 N–H and O–H groups in total. The van der Waals surface area contributed by atoms with E-state index in [1.165, 1.54) is 0 Å². The first-order chi connectivity index (χ1) is 4.83. The lowest BCUT2D eigenvalue weighted by atomic mass is 10.6. The molecule has 0 atom stereocenters. The summed E-state index contributed by atoms with van der Waals surface area (Å²) in [6, 6.07) is 0. The molecule has 0 aliphatic heterocycles. The van der Waals surface area contributed by atoms with Crippen molar-refractivity contribution in [3.63, 3.8) is 0 Å². The van der Waals surface area contributed by atoms with Gasteiger partial charge in [-0.2, -0.15) is 0 Å². The van der Waals surface area contributed by atoms with Crippen LogP contribution in [0, 0.1) is 0 Å². The van der Waals surface area contributed by atoms with Crippen molar-refractivity contribution >= 4 is 0 Å². The molecule has 0 aromatic carbocycles. The Bertz CT molecular complexity index is 40.7. The third-order valence-corrected chi connectivity index (χ3v) is 0.577. The minimum absolute atomic E-state index is 0.139. The average Bonchev–Trinajstić information content (AvgIpc) is 1.91. The first kappa shape index (κ1) is 12.5. The molecule has 0 aliphatic rings. The van der Waals surface area contributed by atoms with Crippen molar-refractivity contribution in [3.05, 3.63) is 0 Å². The molecule has 0 radical (unpaired) electrons. The van der Waals surface area contributed by atoms with Gasteiger partial charge in [-0.1, -0.05) is 6.92 Å². The van der Waals surface area contributed by atoms with Crippen LogP contribution in [0.1, 0.15) is 6.92 Å². The van der Waals surface area contributed by atoms with Gasteiger partial charge in [-0.25, -0.2) is 0 Å².